The molecule has 0 aliphatic carbocycles. The normalized spacial score (nSPS) is 23.2. The highest BCUT2D eigenvalue weighted by atomic mass is 35.5. The van der Waals surface area contributed by atoms with Crippen molar-refractivity contribution in [2.45, 2.75) is 24.9 Å². The molecule has 3 rings (SSSR count). The number of piperidine rings is 1. The smallest absolute Gasteiger partial charge is 0.327 e. The fraction of sp³-hybridized carbons (Fsp3) is 0.375. The van der Waals surface area contributed by atoms with Crippen molar-refractivity contribution in [2.24, 2.45) is 0 Å². The van der Waals surface area contributed by atoms with Gasteiger partial charge in [0, 0.05) is 30.9 Å². The van der Waals surface area contributed by atoms with Gasteiger partial charge < -0.3 is 10.2 Å². The second-order valence-corrected chi connectivity index (χ2v) is 6.18. The predicted octanol–water partition coefficient (Wildman–Crippen LogP) is 1.45. The van der Waals surface area contributed by atoms with Gasteiger partial charge in [-0.1, -0.05) is 17.7 Å². The summed E-state index contributed by atoms with van der Waals surface area (Å²) in [7, 11) is 0. The van der Waals surface area contributed by atoms with E-state index in [1.807, 2.05) is 0 Å². The maximum absolute atomic E-state index is 12.4. The van der Waals surface area contributed by atoms with Gasteiger partial charge in [-0.2, -0.15) is 0 Å². The zero-order chi connectivity index (χ0) is 17.3. The van der Waals surface area contributed by atoms with E-state index >= 15 is 0 Å². The van der Waals surface area contributed by atoms with Gasteiger partial charge in [0.05, 0.1) is 0 Å². The lowest BCUT2D eigenvalue weighted by Crippen LogP contribution is -2.49. The summed E-state index contributed by atoms with van der Waals surface area (Å²) in [6, 6.07) is 2.09. The number of halogens is 1. The summed E-state index contributed by atoms with van der Waals surface area (Å²) in [5, 5.41) is 3.15. The monoisotopic (exact) mass is 348 g/mol. The fourth-order valence-electron chi connectivity index (χ4n) is 3.10. The number of hydrogen-bond donors (Lipinski definition) is 1. The van der Waals surface area contributed by atoms with Gasteiger partial charge in [-0.05, 0) is 25.0 Å². The highest BCUT2D eigenvalue weighted by Crippen LogP contribution is 2.27. The van der Waals surface area contributed by atoms with Crippen molar-refractivity contribution in [3.63, 3.8) is 0 Å². The average Bonchev–Trinajstić information content (AvgIpc) is 2.80. The molecule has 2 aliphatic heterocycles. The standard InChI is InChI=1S/C16H17ClN4O3/c1-2-6-21-15(23)12-9-11(4-7-20(12)16(21)24)19-14(22)10-3-5-18-13(17)8-10/h2-3,5,8,11-12H,1,4,6-7,9H2,(H,19,22). The SMILES string of the molecule is C=CCN1C(=O)C2CC(NC(=O)c3ccnc(Cl)c3)CCN2C1=O. The molecule has 1 aromatic rings. The summed E-state index contributed by atoms with van der Waals surface area (Å²) in [6.07, 6.45) is 4.00. The topological polar surface area (TPSA) is 82.6 Å². The molecule has 24 heavy (non-hydrogen) atoms. The van der Waals surface area contributed by atoms with E-state index in [1.54, 1.807) is 11.0 Å². The molecule has 1 N–H and O–H groups in total. The number of aromatic nitrogens is 1. The van der Waals surface area contributed by atoms with Crippen LogP contribution in [0.25, 0.3) is 0 Å². The molecule has 2 fully saturated rings. The lowest BCUT2D eigenvalue weighted by Gasteiger charge is -2.32. The Hall–Kier alpha value is -2.41. The molecule has 126 valence electrons. The maximum atomic E-state index is 12.4. The average molecular weight is 349 g/mol. The summed E-state index contributed by atoms with van der Waals surface area (Å²) < 4.78 is 0. The Morgan fingerprint density at radius 2 is 2.29 bits per heavy atom. The number of nitrogens with one attached hydrogen (secondary N) is 1. The fourth-order valence-corrected chi connectivity index (χ4v) is 3.27. The van der Waals surface area contributed by atoms with E-state index < -0.39 is 6.04 Å². The molecular weight excluding hydrogens is 332 g/mol. The number of carbonyl (C=O) groups excluding carboxylic acids is 3. The summed E-state index contributed by atoms with van der Waals surface area (Å²) in [4.78, 5) is 43.5. The number of nitrogens with zero attached hydrogens (tertiary/aromatic N) is 3. The molecule has 0 aromatic carbocycles. The molecule has 2 saturated heterocycles. The highest BCUT2D eigenvalue weighted by molar-refractivity contribution is 6.29. The predicted molar refractivity (Wildman–Crippen MR) is 87.5 cm³/mol. The first-order valence-corrected chi connectivity index (χ1v) is 8.04. The number of pyridine rings is 1. The van der Waals surface area contributed by atoms with E-state index in [4.69, 9.17) is 11.6 Å². The summed E-state index contributed by atoms with van der Waals surface area (Å²) >= 11 is 5.79. The van der Waals surface area contributed by atoms with E-state index in [1.165, 1.54) is 23.2 Å². The van der Waals surface area contributed by atoms with E-state index in [9.17, 15) is 14.4 Å². The van der Waals surface area contributed by atoms with Gasteiger partial charge in [0.2, 0.25) is 0 Å². The Labute approximate surface area is 144 Å². The Kier molecular flexibility index (Phi) is 4.53. The number of carbonyl (C=O) groups is 3. The second kappa shape index (κ2) is 6.60. The van der Waals surface area contributed by atoms with Crippen LogP contribution < -0.4 is 5.32 Å². The van der Waals surface area contributed by atoms with Crippen LogP contribution in [-0.4, -0.2) is 57.8 Å². The first-order valence-electron chi connectivity index (χ1n) is 7.66. The van der Waals surface area contributed by atoms with Crippen LogP contribution in [0.1, 0.15) is 23.2 Å². The minimum absolute atomic E-state index is 0.175. The number of fused-ring (bicyclic) bond motifs is 1. The quantitative estimate of drug-likeness (QED) is 0.507. The number of imide groups is 1. The summed E-state index contributed by atoms with van der Waals surface area (Å²) in [5.41, 5.74) is 0.416. The molecular formula is C16H17ClN4O3. The van der Waals surface area contributed by atoms with Crippen molar-refractivity contribution in [1.29, 1.82) is 0 Å². The van der Waals surface area contributed by atoms with E-state index in [-0.39, 0.29) is 35.6 Å². The second-order valence-electron chi connectivity index (χ2n) is 5.79. The van der Waals surface area contributed by atoms with Crippen molar-refractivity contribution >= 4 is 29.4 Å². The largest absolute Gasteiger partial charge is 0.349 e. The molecule has 2 aliphatic rings. The van der Waals surface area contributed by atoms with E-state index in [0.717, 1.165) is 0 Å². The van der Waals surface area contributed by atoms with Crippen molar-refractivity contribution in [3.05, 3.63) is 41.7 Å². The Balaban J connectivity index is 1.67. The van der Waals surface area contributed by atoms with Crippen molar-refractivity contribution in [3.8, 4) is 0 Å². The summed E-state index contributed by atoms with van der Waals surface area (Å²) in [5.74, 6) is -0.497. The maximum Gasteiger partial charge on any atom is 0.327 e. The molecule has 0 radical (unpaired) electrons. The lowest BCUT2D eigenvalue weighted by atomic mass is 9.97. The van der Waals surface area contributed by atoms with Gasteiger partial charge in [0.15, 0.2) is 0 Å². The molecule has 7 nitrogen and oxygen atoms in total. The molecule has 0 bridgehead atoms. The molecule has 8 heteroatoms. The first-order chi connectivity index (χ1) is 11.5. The van der Waals surface area contributed by atoms with Gasteiger partial charge in [0.25, 0.3) is 11.8 Å². The van der Waals surface area contributed by atoms with Crippen LogP contribution in [0.3, 0.4) is 0 Å². The van der Waals surface area contributed by atoms with Crippen LogP contribution in [0.15, 0.2) is 31.0 Å². The third-order valence-electron chi connectivity index (χ3n) is 4.27. The molecule has 0 spiro atoms. The van der Waals surface area contributed by atoms with Gasteiger partial charge in [-0.25, -0.2) is 9.78 Å². The highest BCUT2D eigenvalue weighted by Gasteiger charge is 2.47. The van der Waals surface area contributed by atoms with Gasteiger partial charge in [-0.3, -0.25) is 14.5 Å². The molecule has 4 amide bonds. The molecule has 3 heterocycles. The van der Waals surface area contributed by atoms with Gasteiger partial charge in [-0.15, -0.1) is 6.58 Å². The van der Waals surface area contributed by atoms with E-state index in [0.29, 0.717) is 24.9 Å². The minimum Gasteiger partial charge on any atom is -0.349 e. The zero-order valence-corrected chi connectivity index (χ0v) is 13.7. The van der Waals surface area contributed by atoms with Gasteiger partial charge in [0.1, 0.15) is 11.2 Å². The van der Waals surface area contributed by atoms with Crippen LogP contribution in [0, 0.1) is 0 Å². The van der Waals surface area contributed by atoms with Crippen LogP contribution in [0.2, 0.25) is 5.15 Å². The number of rotatable bonds is 4. The van der Waals surface area contributed by atoms with Crippen molar-refractivity contribution < 1.29 is 14.4 Å². The van der Waals surface area contributed by atoms with Crippen LogP contribution in [0.5, 0.6) is 0 Å². The third kappa shape index (κ3) is 2.99. The van der Waals surface area contributed by atoms with Gasteiger partial charge >= 0.3 is 6.03 Å². The first kappa shape index (κ1) is 16.4. The molecule has 1 aromatic heterocycles. The Bertz CT molecular complexity index is 708. The Morgan fingerprint density at radius 1 is 1.50 bits per heavy atom. The van der Waals surface area contributed by atoms with Crippen molar-refractivity contribution in [1.82, 2.24) is 20.1 Å². The molecule has 2 atom stereocenters. The minimum atomic E-state index is -0.516. The number of urea groups is 1. The zero-order valence-electron chi connectivity index (χ0n) is 12.9. The Morgan fingerprint density at radius 3 is 3.00 bits per heavy atom. The summed E-state index contributed by atoms with van der Waals surface area (Å²) in [6.45, 7) is 4.21. The van der Waals surface area contributed by atoms with Crippen LogP contribution in [-0.2, 0) is 4.79 Å². The lowest BCUT2D eigenvalue weighted by molar-refractivity contribution is -0.128. The van der Waals surface area contributed by atoms with Crippen molar-refractivity contribution in [2.75, 3.05) is 13.1 Å². The van der Waals surface area contributed by atoms with Crippen LogP contribution in [0.4, 0.5) is 4.79 Å². The number of amides is 4. The molecule has 0 saturated carbocycles. The third-order valence-corrected chi connectivity index (χ3v) is 4.47. The van der Waals surface area contributed by atoms with Crippen LogP contribution >= 0.6 is 11.6 Å². The van der Waals surface area contributed by atoms with E-state index in [2.05, 4.69) is 16.9 Å². The number of hydrogen-bond acceptors (Lipinski definition) is 4. The molecule has 2 unspecified atom stereocenters.